The van der Waals surface area contributed by atoms with Gasteiger partial charge >= 0.3 is 0 Å². The second-order valence-corrected chi connectivity index (χ2v) is 2.77. The van der Waals surface area contributed by atoms with E-state index in [-0.39, 0.29) is 5.84 Å². The SMILES string of the molecule is COc1ccc(/C(N)=N/N)cc1Cl. The summed E-state index contributed by atoms with van der Waals surface area (Å²) in [5.41, 5.74) is 6.15. The highest BCUT2D eigenvalue weighted by Crippen LogP contribution is 2.24. The molecule has 1 aromatic carbocycles. The minimum absolute atomic E-state index is 0.240. The molecule has 13 heavy (non-hydrogen) atoms. The van der Waals surface area contributed by atoms with Crippen LogP contribution < -0.4 is 16.3 Å². The maximum absolute atomic E-state index is 5.85. The van der Waals surface area contributed by atoms with E-state index < -0.39 is 0 Å². The van der Waals surface area contributed by atoms with Gasteiger partial charge in [0.15, 0.2) is 0 Å². The molecule has 4 N–H and O–H groups in total. The Hall–Kier alpha value is -1.42. The average Bonchev–Trinajstić information content (AvgIpc) is 2.16. The van der Waals surface area contributed by atoms with Crippen LogP contribution in [0.1, 0.15) is 5.56 Å². The number of nitrogens with two attached hydrogens (primary N) is 2. The molecule has 5 heteroatoms. The van der Waals surface area contributed by atoms with Gasteiger partial charge in [0.25, 0.3) is 0 Å². The number of nitrogens with zero attached hydrogens (tertiary/aromatic N) is 1. The number of hydrazone groups is 1. The number of ether oxygens (including phenoxy) is 1. The van der Waals surface area contributed by atoms with Crippen molar-refractivity contribution in [2.45, 2.75) is 0 Å². The molecule has 0 saturated carbocycles. The Bertz CT molecular complexity index is 338. The van der Waals surface area contributed by atoms with E-state index in [0.29, 0.717) is 16.3 Å². The largest absolute Gasteiger partial charge is 0.495 e. The Kier molecular flexibility index (Phi) is 2.97. The Labute approximate surface area is 81.1 Å². The highest BCUT2D eigenvalue weighted by molar-refractivity contribution is 6.32. The van der Waals surface area contributed by atoms with Crippen LogP contribution in [0.4, 0.5) is 0 Å². The van der Waals surface area contributed by atoms with Crippen LogP contribution in [0.25, 0.3) is 0 Å². The van der Waals surface area contributed by atoms with Gasteiger partial charge in [-0.3, -0.25) is 0 Å². The average molecular weight is 200 g/mol. The Morgan fingerprint density at radius 3 is 2.69 bits per heavy atom. The summed E-state index contributed by atoms with van der Waals surface area (Å²) in [6.07, 6.45) is 0. The molecule has 0 bridgehead atoms. The summed E-state index contributed by atoms with van der Waals surface area (Å²) in [6, 6.07) is 5.08. The molecule has 70 valence electrons. The van der Waals surface area contributed by atoms with Gasteiger partial charge in [-0.15, -0.1) is 0 Å². The minimum Gasteiger partial charge on any atom is -0.495 e. The van der Waals surface area contributed by atoms with Crippen LogP contribution in [0.5, 0.6) is 5.75 Å². The summed E-state index contributed by atoms with van der Waals surface area (Å²) in [4.78, 5) is 0. The zero-order valence-corrected chi connectivity index (χ0v) is 7.88. The molecule has 0 unspecified atom stereocenters. The van der Waals surface area contributed by atoms with Crippen LogP contribution in [0.3, 0.4) is 0 Å². The summed E-state index contributed by atoms with van der Waals surface area (Å²) in [5.74, 6) is 5.85. The van der Waals surface area contributed by atoms with Gasteiger partial charge in [-0.1, -0.05) is 11.6 Å². The fourth-order valence-corrected chi connectivity index (χ4v) is 1.16. The van der Waals surface area contributed by atoms with E-state index in [9.17, 15) is 0 Å². The molecule has 0 spiro atoms. The quantitative estimate of drug-likeness (QED) is 0.322. The van der Waals surface area contributed by atoms with Gasteiger partial charge in [0, 0.05) is 5.56 Å². The van der Waals surface area contributed by atoms with Gasteiger partial charge in [-0.25, -0.2) is 0 Å². The molecule has 0 heterocycles. The lowest BCUT2D eigenvalue weighted by atomic mass is 10.2. The van der Waals surface area contributed by atoms with Crippen LogP contribution in [0.15, 0.2) is 23.3 Å². The van der Waals surface area contributed by atoms with Crippen molar-refractivity contribution in [3.63, 3.8) is 0 Å². The van der Waals surface area contributed by atoms with Crippen molar-refractivity contribution < 1.29 is 4.74 Å². The van der Waals surface area contributed by atoms with Gasteiger partial charge in [-0.2, -0.15) is 5.10 Å². The van der Waals surface area contributed by atoms with Crippen molar-refractivity contribution in [1.29, 1.82) is 0 Å². The fraction of sp³-hybridized carbons (Fsp3) is 0.125. The third-order valence-corrected chi connectivity index (χ3v) is 1.88. The highest BCUT2D eigenvalue weighted by Gasteiger charge is 2.03. The summed E-state index contributed by atoms with van der Waals surface area (Å²) < 4.78 is 4.97. The first-order chi connectivity index (χ1) is 6.19. The van der Waals surface area contributed by atoms with Crippen LogP contribution in [-0.2, 0) is 0 Å². The van der Waals surface area contributed by atoms with E-state index in [2.05, 4.69) is 5.10 Å². The van der Waals surface area contributed by atoms with Crippen molar-refractivity contribution in [2.24, 2.45) is 16.7 Å². The maximum atomic E-state index is 5.85. The lowest BCUT2D eigenvalue weighted by Crippen LogP contribution is -2.15. The first kappa shape index (κ1) is 9.67. The van der Waals surface area contributed by atoms with Crippen LogP contribution in [0, 0.1) is 0 Å². The molecule has 0 saturated heterocycles. The van der Waals surface area contributed by atoms with Crippen molar-refractivity contribution in [3.8, 4) is 5.75 Å². The maximum Gasteiger partial charge on any atom is 0.150 e. The Morgan fingerprint density at radius 2 is 2.23 bits per heavy atom. The van der Waals surface area contributed by atoms with E-state index in [1.165, 1.54) is 0 Å². The van der Waals surface area contributed by atoms with E-state index >= 15 is 0 Å². The Balaban J connectivity index is 3.10. The van der Waals surface area contributed by atoms with Crippen LogP contribution in [0.2, 0.25) is 5.02 Å². The molecule has 1 rings (SSSR count). The minimum atomic E-state index is 0.240. The molecule has 1 aromatic rings. The van der Waals surface area contributed by atoms with Crippen molar-refractivity contribution in [1.82, 2.24) is 0 Å². The second-order valence-electron chi connectivity index (χ2n) is 2.36. The van der Waals surface area contributed by atoms with Gasteiger partial charge in [0.2, 0.25) is 0 Å². The molecule has 0 aliphatic rings. The van der Waals surface area contributed by atoms with Crippen molar-refractivity contribution >= 4 is 17.4 Å². The predicted octanol–water partition coefficient (Wildman–Crippen LogP) is 0.928. The number of methoxy groups -OCH3 is 1. The molecule has 0 amide bonds. The number of halogens is 1. The molecular formula is C8H10ClN3O. The zero-order valence-electron chi connectivity index (χ0n) is 7.12. The first-order valence-electron chi connectivity index (χ1n) is 3.56. The van der Waals surface area contributed by atoms with Gasteiger partial charge < -0.3 is 16.3 Å². The smallest absolute Gasteiger partial charge is 0.150 e. The number of hydrogen-bond donors (Lipinski definition) is 2. The monoisotopic (exact) mass is 199 g/mol. The Morgan fingerprint density at radius 1 is 1.54 bits per heavy atom. The molecular weight excluding hydrogens is 190 g/mol. The molecule has 0 radical (unpaired) electrons. The van der Waals surface area contributed by atoms with Crippen molar-refractivity contribution in [3.05, 3.63) is 28.8 Å². The molecule has 0 aliphatic heterocycles. The van der Waals surface area contributed by atoms with E-state index in [0.717, 1.165) is 0 Å². The van der Waals surface area contributed by atoms with Crippen molar-refractivity contribution in [2.75, 3.05) is 7.11 Å². The number of amidine groups is 1. The second kappa shape index (κ2) is 4.00. The third-order valence-electron chi connectivity index (χ3n) is 1.59. The van der Waals surface area contributed by atoms with Crippen LogP contribution >= 0.6 is 11.6 Å². The lowest BCUT2D eigenvalue weighted by molar-refractivity contribution is 0.415. The standard InChI is InChI=1S/C8H10ClN3O/c1-13-7-3-2-5(4-6(7)9)8(10)12-11/h2-4H,11H2,1H3,(H2,10,12). The number of benzene rings is 1. The molecule has 4 nitrogen and oxygen atoms in total. The highest BCUT2D eigenvalue weighted by atomic mass is 35.5. The summed E-state index contributed by atoms with van der Waals surface area (Å²) in [7, 11) is 1.54. The summed E-state index contributed by atoms with van der Waals surface area (Å²) >= 11 is 5.85. The number of hydrogen-bond acceptors (Lipinski definition) is 3. The zero-order chi connectivity index (χ0) is 9.84. The van der Waals surface area contributed by atoms with E-state index in [1.807, 2.05) is 0 Å². The molecule has 0 aliphatic carbocycles. The summed E-state index contributed by atoms with van der Waals surface area (Å²) in [6.45, 7) is 0. The molecule has 0 aromatic heterocycles. The number of rotatable bonds is 2. The van der Waals surface area contributed by atoms with Gasteiger partial charge in [-0.05, 0) is 18.2 Å². The normalized spacial score (nSPS) is 11.4. The van der Waals surface area contributed by atoms with E-state index in [4.69, 9.17) is 27.9 Å². The predicted molar refractivity (Wildman–Crippen MR) is 52.9 cm³/mol. The summed E-state index contributed by atoms with van der Waals surface area (Å²) in [5, 5.41) is 3.83. The molecule has 0 fully saturated rings. The topological polar surface area (TPSA) is 73.6 Å². The fourth-order valence-electron chi connectivity index (χ4n) is 0.900. The van der Waals surface area contributed by atoms with Gasteiger partial charge in [0.1, 0.15) is 11.6 Å². The van der Waals surface area contributed by atoms with Crippen LogP contribution in [-0.4, -0.2) is 12.9 Å². The van der Waals surface area contributed by atoms with E-state index in [1.54, 1.807) is 25.3 Å². The van der Waals surface area contributed by atoms with Gasteiger partial charge in [0.05, 0.1) is 12.1 Å². The molecule has 0 atom stereocenters. The lowest BCUT2D eigenvalue weighted by Gasteiger charge is -2.04. The first-order valence-corrected chi connectivity index (χ1v) is 3.94. The third kappa shape index (κ3) is 2.03.